The molecule has 6 fully saturated rings. The number of aliphatic hydroxyl groups excluding tert-OH is 2. The molecule has 1 aromatic rings. The fraction of sp³-hybridized carbons (Fsp3) is 0.731. The molecule has 2 aliphatic carbocycles. The van der Waals surface area contributed by atoms with Gasteiger partial charge in [-0.3, -0.25) is 9.59 Å². The average molecular weight is 503 g/mol. The maximum atomic E-state index is 14.1. The smallest absolute Gasteiger partial charge is 0.339 e. The first-order chi connectivity index (χ1) is 16.9. The molecule has 0 unspecified atom stereocenters. The van der Waals surface area contributed by atoms with Crippen LogP contribution in [0.5, 0.6) is 0 Å². The Morgan fingerprint density at radius 2 is 1.75 bits per heavy atom. The molecule has 1 aromatic heterocycles. The Balaban J connectivity index is 1.46. The summed E-state index contributed by atoms with van der Waals surface area (Å²) in [5, 5.41) is 23.7. The molecule has 2 N–H and O–H groups in total. The van der Waals surface area contributed by atoms with Gasteiger partial charge in [-0.15, -0.1) is 0 Å². The van der Waals surface area contributed by atoms with Crippen molar-refractivity contribution < 1.29 is 48.0 Å². The van der Waals surface area contributed by atoms with Crippen molar-refractivity contribution in [1.82, 2.24) is 0 Å². The van der Waals surface area contributed by atoms with Crippen molar-refractivity contribution in [3.63, 3.8) is 0 Å². The Morgan fingerprint density at radius 1 is 1.00 bits per heavy atom. The van der Waals surface area contributed by atoms with Crippen LogP contribution in [0.4, 0.5) is 0 Å². The molecule has 7 rings (SSSR count). The van der Waals surface area contributed by atoms with Gasteiger partial charge in [0, 0.05) is 16.4 Å². The van der Waals surface area contributed by atoms with E-state index < -0.39 is 87.5 Å². The molecular formula is C26H30O10. The quantitative estimate of drug-likeness (QED) is 0.423. The first-order valence-corrected chi connectivity index (χ1v) is 12.5. The lowest BCUT2D eigenvalue weighted by Crippen LogP contribution is -2.78. The molecule has 0 aromatic carbocycles. The molecule has 2 spiro atoms. The summed E-state index contributed by atoms with van der Waals surface area (Å²) in [6.45, 7) is 7.08. The third-order valence-electron chi connectivity index (χ3n) is 10.8. The Bertz CT molecular complexity index is 1190. The van der Waals surface area contributed by atoms with Gasteiger partial charge in [0.1, 0.15) is 24.4 Å². The van der Waals surface area contributed by atoms with Gasteiger partial charge in [0.05, 0.1) is 48.1 Å². The number of furan rings is 1. The number of esters is 2. The number of epoxide rings is 1. The van der Waals surface area contributed by atoms with Crippen molar-refractivity contribution in [1.29, 1.82) is 0 Å². The summed E-state index contributed by atoms with van der Waals surface area (Å²) in [5.74, 6) is -2.75. The topological polar surface area (TPSA) is 145 Å². The van der Waals surface area contributed by atoms with Crippen molar-refractivity contribution in [3.05, 3.63) is 24.2 Å². The molecule has 2 saturated carbocycles. The summed E-state index contributed by atoms with van der Waals surface area (Å²) in [6.07, 6.45) is -2.07. The van der Waals surface area contributed by atoms with Crippen LogP contribution in [0.3, 0.4) is 0 Å². The van der Waals surface area contributed by atoms with Crippen molar-refractivity contribution in [2.75, 3.05) is 6.61 Å². The van der Waals surface area contributed by atoms with E-state index in [4.69, 9.17) is 23.4 Å². The zero-order chi connectivity index (χ0) is 25.6. The van der Waals surface area contributed by atoms with Gasteiger partial charge >= 0.3 is 11.9 Å². The van der Waals surface area contributed by atoms with Crippen LogP contribution in [0.1, 0.15) is 52.2 Å². The molecule has 194 valence electrons. The standard InChI is InChI=1S/C26H30O10/c1-22(2)17-16(29)18(30)23(3)12(25(17)10-33-15(28)8-14(25)35-22)7-13(27)24(4)19(11-5-6-32-9-11)34-21(31)20-26(23,24)36-20/h5-6,9,12-14,17-20,27,30H,7-8,10H2,1-4H3/t12-,13-,14+,17+,18-,19-,20+,23-,24+,25-,26+/m0/s1. The molecular weight excluding hydrogens is 472 g/mol. The van der Waals surface area contributed by atoms with E-state index in [1.54, 1.807) is 33.8 Å². The van der Waals surface area contributed by atoms with Gasteiger partial charge in [0.25, 0.3) is 0 Å². The maximum absolute atomic E-state index is 14.1. The van der Waals surface area contributed by atoms with Crippen LogP contribution in [-0.2, 0) is 33.3 Å². The highest BCUT2D eigenvalue weighted by Gasteiger charge is 2.92. The Morgan fingerprint density at radius 3 is 2.44 bits per heavy atom. The number of ether oxygens (including phenoxy) is 4. The van der Waals surface area contributed by atoms with E-state index in [-0.39, 0.29) is 19.4 Å². The van der Waals surface area contributed by atoms with E-state index in [2.05, 4.69) is 0 Å². The average Bonchev–Trinajstić information content (AvgIpc) is 3.28. The second-order valence-corrected chi connectivity index (χ2v) is 12.4. The van der Waals surface area contributed by atoms with Crippen LogP contribution < -0.4 is 0 Å². The monoisotopic (exact) mass is 502 g/mol. The van der Waals surface area contributed by atoms with Crippen LogP contribution in [0.15, 0.2) is 23.0 Å². The van der Waals surface area contributed by atoms with E-state index in [0.717, 1.165) is 0 Å². The summed E-state index contributed by atoms with van der Waals surface area (Å²) in [6, 6.07) is 1.67. The van der Waals surface area contributed by atoms with Crippen LogP contribution >= 0.6 is 0 Å². The van der Waals surface area contributed by atoms with E-state index in [1.807, 2.05) is 0 Å². The lowest BCUT2D eigenvalue weighted by Gasteiger charge is -2.67. The lowest BCUT2D eigenvalue weighted by atomic mass is 9.36. The highest BCUT2D eigenvalue weighted by molar-refractivity contribution is 5.92. The minimum atomic E-state index is -1.50. The van der Waals surface area contributed by atoms with Gasteiger partial charge in [0.15, 0.2) is 11.9 Å². The number of hydrogen-bond donors (Lipinski definition) is 2. The van der Waals surface area contributed by atoms with Crippen LogP contribution in [0.2, 0.25) is 0 Å². The van der Waals surface area contributed by atoms with Crippen molar-refractivity contribution in [2.45, 2.75) is 82.3 Å². The summed E-state index contributed by atoms with van der Waals surface area (Å²) in [5.41, 5.74) is -5.28. The number of carbonyl (C=O) groups excluding carboxylic acids is 3. The second-order valence-electron chi connectivity index (χ2n) is 12.4. The summed E-state index contributed by atoms with van der Waals surface area (Å²) in [4.78, 5) is 39.6. The Hall–Kier alpha value is -2.27. The summed E-state index contributed by atoms with van der Waals surface area (Å²) >= 11 is 0. The molecule has 0 amide bonds. The predicted molar refractivity (Wildman–Crippen MR) is 117 cm³/mol. The van der Waals surface area contributed by atoms with Gasteiger partial charge < -0.3 is 33.6 Å². The number of aliphatic hydroxyl groups is 2. The maximum Gasteiger partial charge on any atom is 0.339 e. The fourth-order valence-corrected chi connectivity index (χ4v) is 9.45. The number of fused-ring (bicyclic) bond motifs is 1. The number of ketones is 1. The SMILES string of the molecule is CC1(C)O[C@@H]2CC(=O)OC[C@@]23[C@@H]1C(=O)[C@H](O)[C@]1(C)[C@@H]3C[C@H](O)[C@]2(C)[C@H](c3ccoc3)OC(=O)[C@H]3O[C@]312. The molecule has 0 bridgehead atoms. The van der Waals surface area contributed by atoms with Crippen LogP contribution in [0.25, 0.3) is 0 Å². The Labute approximate surface area is 207 Å². The van der Waals surface area contributed by atoms with Crippen molar-refractivity contribution in [3.8, 4) is 0 Å². The molecule has 10 nitrogen and oxygen atoms in total. The number of Topliss-reactive ketones (excluding diaryl/α,β-unsaturated/α-hetero) is 1. The molecule has 11 atom stereocenters. The lowest BCUT2D eigenvalue weighted by molar-refractivity contribution is -0.276. The molecule has 36 heavy (non-hydrogen) atoms. The fourth-order valence-electron chi connectivity index (χ4n) is 9.45. The van der Waals surface area contributed by atoms with Gasteiger partial charge in [-0.05, 0) is 32.3 Å². The van der Waals surface area contributed by atoms with E-state index in [0.29, 0.717) is 5.56 Å². The number of hydrogen-bond acceptors (Lipinski definition) is 10. The zero-order valence-electron chi connectivity index (χ0n) is 20.6. The van der Waals surface area contributed by atoms with E-state index in [1.165, 1.54) is 12.5 Å². The third-order valence-corrected chi connectivity index (χ3v) is 10.8. The van der Waals surface area contributed by atoms with E-state index >= 15 is 0 Å². The predicted octanol–water partition coefficient (Wildman–Crippen LogP) is 1.08. The second kappa shape index (κ2) is 6.40. The Kier molecular flexibility index (Phi) is 4.07. The minimum absolute atomic E-state index is 0.0276. The van der Waals surface area contributed by atoms with Gasteiger partial charge in [-0.25, -0.2) is 4.79 Å². The van der Waals surface area contributed by atoms with Gasteiger partial charge in [-0.1, -0.05) is 13.8 Å². The van der Waals surface area contributed by atoms with Gasteiger partial charge in [-0.2, -0.15) is 0 Å². The summed E-state index contributed by atoms with van der Waals surface area (Å²) < 4.78 is 29.3. The van der Waals surface area contributed by atoms with Crippen molar-refractivity contribution >= 4 is 17.7 Å². The van der Waals surface area contributed by atoms with Crippen molar-refractivity contribution in [2.24, 2.45) is 28.1 Å². The van der Waals surface area contributed by atoms with Gasteiger partial charge in [0.2, 0.25) is 0 Å². The number of rotatable bonds is 1. The first-order valence-electron chi connectivity index (χ1n) is 12.5. The molecule has 4 saturated heterocycles. The highest BCUT2D eigenvalue weighted by Crippen LogP contribution is 2.80. The highest BCUT2D eigenvalue weighted by atomic mass is 16.7. The normalized spacial score (nSPS) is 54.3. The minimum Gasteiger partial charge on any atom is -0.472 e. The first kappa shape index (κ1) is 22.9. The molecule has 6 aliphatic rings. The molecule has 4 aliphatic heterocycles. The van der Waals surface area contributed by atoms with Crippen LogP contribution in [-0.4, -0.2) is 70.2 Å². The zero-order valence-corrected chi connectivity index (χ0v) is 20.6. The third kappa shape index (κ3) is 2.13. The summed E-state index contributed by atoms with van der Waals surface area (Å²) in [7, 11) is 0. The molecule has 5 heterocycles. The molecule has 10 heteroatoms. The number of cyclic esters (lactones) is 2. The van der Waals surface area contributed by atoms with E-state index in [9.17, 15) is 24.6 Å². The number of carbonyl (C=O) groups is 3. The largest absolute Gasteiger partial charge is 0.472 e. The molecule has 0 radical (unpaired) electrons. The van der Waals surface area contributed by atoms with Crippen LogP contribution in [0, 0.1) is 28.1 Å².